The highest BCUT2D eigenvalue weighted by atomic mass is 16.6. The molecule has 1 aliphatic heterocycles. The Labute approximate surface area is 132 Å². The molecule has 0 radical (unpaired) electrons. The van der Waals surface area contributed by atoms with Crippen molar-refractivity contribution in [3.05, 3.63) is 23.8 Å². The summed E-state index contributed by atoms with van der Waals surface area (Å²) in [4.78, 5) is 24.9. The second kappa shape index (κ2) is 6.74. The van der Waals surface area contributed by atoms with E-state index in [4.69, 9.17) is 4.74 Å². The topological polar surface area (TPSA) is 88.8 Å². The van der Waals surface area contributed by atoms with Crippen molar-refractivity contribution < 1.29 is 19.0 Å². The summed E-state index contributed by atoms with van der Waals surface area (Å²) in [6.07, 6.45) is 1.03. The number of hydrazine groups is 1. The number of hydrogen-bond acceptors (Lipinski definition) is 6. The van der Waals surface area contributed by atoms with Gasteiger partial charge in [0.05, 0.1) is 13.0 Å². The second-order valence-electron chi connectivity index (χ2n) is 5.21. The van der Waals surface area contributed by atoms with Crippen LogP contribution in [0.3, 0.4) is 0 Å². The van der Waals surface area contributed by atoms with Gasteiger partial charge in [-0.2, -0.15) is 0 Å². The minimum Gasteiger partial charge on any atom is -0.381 e. The molecule has 1 aromatic carbocycles. The lowest BCUT2D eigenvalue weighted by molar-refractivity contribution is -0.141. The van der Waals surface area contributed by atoms with Crippen LogP contribution in [0.2, 0.25) is 0 Å². The molecule has 1 saturated heterocycles. The first-order valence-electron chi connectivity index (χ1n) is 7.63. The highest BCUT2D eigenvalue weighted by Crippen LogP contribution is 2.18. The monoisotopic (exact) mass is 318 g/mol. The Morgan fingerprint density at radius 1 is 1.22 bits per heavy atom. The molecule has 23 heavy (non-hydrogen) atoms. The standard InChI is InChI=1S/C15H18N4O4/c1-2-22-9-6-14(20)18-7-3-8-19(18)15(21)11-4-5-12-13(10-11)17-23-16-12/h4-5,10H,2-3,6-9H2,1H3. The van der Waals surface area contributed by atoms with Crippen molar-refractivity contribution in [2.75, 3.05) is 26.3 Å². The van der Waals surface area contributed by atoms with Gasteiger partial charge in [-0.3, -0.25) is 14.6 Å². The van der Waals surface area contributed by atoms with E-state index in [-0.39, 0.29) is 18.2 Å². The number of rotatable bonds is 5. The average Bonchev–Trinajstić information content (AvgIpc) is 3.22. The van der Waals surface area contributed by atoms with E-state index >= 15 is 0 Å². The van der Waals surface area contributed by atoms with Crippen molar-refractivity contribution >= 4 is 22.8 Å². The largest absolute Gasteiger partial charge is 0.381 e. The summed E-state index contributed by atoms with van der Waals surface area (Å²) in [7, 11) is 0. The van der Waals surface area contributed by atoms with Gasteiger partial charge in [0.15, 0.2) is 0 Å². The first-order valence-corrected chi connectivity index (χ1v) is 7.63. The van der Waals surface area contributed by atoms with Crippen molar-refractivity contribution in [1.29, 1.82) is 0 Å². The van der Waals surface area contributed by atoms with E-state index in [0.717, 1.165) is 6.42 Å². The highest BCUT2D eigenvalue weighted by molar-refractivity contribution is 5.98. The van der Waals surface area contributed by atoms with Crippen LogP contribution >= 0.6 is 0 Å². The molecule has 3 rings (SSSR count). The van der Waals surface area contributed by atoms with Gasteiger partial charge >= 0.3 is 0 Å². The van der Waals surface area contributed by atoms with Gasteiger partial charge in [-0.15, -0.1) is 0 Å². The summed E-state index contributed by atoms with van der Waals surface area (Å²) in [5.74, 6) is -0.328. The van der Waals surface area contributed by atoms with E-state index in [1.54, 1.807) is 18.2 Å². The maximum atomic E-state index is 12.7. The van der Waals surface area contributed by atoms with Gasteiger partial charge in [0.1, 0.15) is 11.0 Å². The van der Waals surface area contributed by atoms with Crippen LogP contribution in [0.25, 0.3) is 11.0 Å². The first kappa shape index (κ1) is 15.4. The lowest BCUT2D eigenvalue weighted by Crippen LogP contribution is -2.45. The Morgan fingerprint density at radius 3 is 2.83 bits per heavy atom. The fraction of sp³-hybridized carbons (Fsp3) is 0.467. The number of carbonyl (C=O) groups excluding carboxylic acids is 2. The SMILES string of the molecule is CCOCCC(=O)N1CCCN1C(=O)c1ccc2nonc2c1. The third-order valence-corrected chi connectivity index (χ3v) is 3.72. The Kier molecular flexibility index (Phi) is 4.52. The molecule has 1 aliphatic rings. The van der Waals surface area contributed by atoms with Gasteiger partial charge in [-0.1, -0.05) is 0 Å². The van der Waals surface area contributed by atoms with Crippen molar-refractivity contribution in [2.45, 2.75) is 19.8 Å². The summed E-state index contributed by atoms with van der Waals surface area (Å²) in [6.45, 7) is 3.88. The van der Waals surface area contributed by atoms with Crippen LogP contribution in [0.4, 0.5) is 0 Å². The molecule has 1 aromatic heterocycles. The average molecular weight is 318 g/mol. The van der Waals surface area contributed by atoms with E-state index in [1.807, 2.05) is 6.92 Å². The van der Waals surface area contributed by atoms with Gasteiger partial charge in [-0.25, -0.2) is 9.64 Å². The number of carbonyl (C=O) groups is 2. The number of nitrogens with zero attached hydrogens (tertiary/aromatic N) is 4. The van der Waals surface area contributed by atoms with Crippen LogP contribution in [0.15, 0.2) is 22.8 Å². The van der Waals surface area contributed by atoms with Crippen LogP contribution < -0.4 is 0 Å². The van der Waals surface area contributed by atoms with Crippen molar-refractivity contribution in [2.24, 2.45) is 0 Å². The van der Waals surface area contributed by atoms with Gasteiger partial charge in [0.2, 0.25) is 5.91 Å². The van der Waals surface area contributed by atoms with E-state index in [2.05, 4.69) is 14.9 Å². The molecule has 0 unspecified atom stereocenters. The number of amides is 2. The third kappa shape index (κ3) is 3.16. The fourth-order valence-electron chi connectivity index (χ4n) is 2.58. The molecule has 0 bridgehead atoms. The summed E-state index contributed by atoms with van der Waals surface area (Å²) in [6, 6.07) is 4.96. The normalized spacial score (nSPS) is 14.7. The molecule has 1 fully saturated rings. The molecule has 2 amide bonds. The maximum absolute atomic E-state index is 12.7. The zero-order valence-corrected chi connectivity index (χ0v) is 12.9. The smallest absolute Gasteiger partial charge is 0.272 e. The van der Waals surface area contributed by atoms with Gasteiger partial charge in [-0.05, 0) is 41.9 Å². The second-order valence-corrected chi connectivity index (χ2v) is 5.21. The molecule has 2 heterocycles. The van der Waals surface area contributed by atoms with Gasteiger partial charge < -0.3 is 4.74 Å². The minimum atomic E-state index is -0.225. The number of benzene rings is 1. The van der Waals surface area contributed by atoms with Crippen LogP contribution in [-0.2, 0) is 9.53 Å². The van der Waals surface area contributed by atoms with Crippen molar-refractivity contribution in [1.82, 2.24) is 20.3 Å². The molecule has 2 aromatic rings. The predicted octanol–water partition coefficient (Wildman–Crippen LogP) is 1.24. The zero-order valence-electron chi connectivity index (χ0n) is 12.9. The van der Waals surface area contributed by atoms with Crippen LogP contribution in [0.1, 0.15) is 30.1 Å². The summed E-state index contributed by atoms with van der Waals surface area (Å²) in [5, 5.41) is 10.4. The fourth-order valence-corrected chi connectivity index (χ4v) is 2.58. The number of ether oxygens (including phenoxy) is 1. The Morgan fingerprint density at radius 2 is 2.00 bits per heavy atom. The number of hydrogen-bond donors (Lipinski definition) is 0. The predicted molar refractivity (Wildman–Crippen MR) is 80.3 cm³/mol. The molecule has 8 nitrogen and oxygen atoms in total. The van der Waals surface area contributed by atoms with Gasteiger partial charge in [0, 0.05) is 25.3 Å². The first-order chi connectivity index (χ1) is 11.2. The Balaban J connectivity index is 1.73. The highest BCUT2D eigenvalue weighted by Gasteiger charge is 2.31. The van der Waals surface area contributed by atoms with E-state index in [0.29, 0.717) is 42.9 Å². The Hall–Kier alpha value is -2.48. The summed E-state index contributed by atoms with van der Waals surface area (Å²) >= 11 is 0. The lowest BCUT2D eigenvalue weighted by Gasteiger charge is -2.28. The summed E-state index contributed by atoms with van der Waals surface area (Å²) in [5.41, 5.74) is 1.56. The third-order valence-electron chi connectivity index (χ3n) is 3.72. The molecule has 0 aliphatic carbocycles. The molecule has 0 atom stereocenters. The van der Waals surface area contributed by atoms with Crippen molar-refractivity contribution in [3.8, 4) is 0 Å². The molecule has 8 heteroatoms. The van der Waals surface area contributed by atoms with Crippen LogP contribution in [0, 0.1) is 0 Å². The molecule has 0 saturated carbocycles. The molecular formula is C15H18N4O4. The van der Waals surface area contributed by atoms with Gasteiger partial charge in [0.25, 0.3) is 5.91 Å². The minimum absolute atomic E-state index is 0.103. The van der Waals surface area contributed by atoms with E-state index in [9.17, 15) is 9.59 Å². The molecule has 122 valence electrons. The van der Waals surface area contributed by atoms with Crippen LogP contribution in [0.5, 0.6) is 0 Å². The number of fused-ring (bicyclic) bond motifs is 1. The number of aromatic nitrogens is 2. The van der Waals surface area contributed by atoms with E-state index < -0.39 is 0 Å². The Bertz CT molecular complexity index is 714. The molecular weight excluding hydrogens is 300 g/mol. The lowest BCUT2D eigenvalue weighted by atomic mass is 10.2. The molecule has 0 spiro atoms. The van der Waals surface area contributed by atoms with Crippen molar-refractivity contribution in [3.63, 3.8) is 0 Å². The quantitative estimate of drug-likeness (QED) is 0.771. The van der Waals surface area contributed by atoms with E-state index in [1.165, 1.54) is 10.0 Å². The van der Waals surface area contributed by atoms with Crippen LogP contribution in [-0.4, -0.2) is 58.4 Å². The maximum Gasteiger partial charge on any atom is 0.272 e. The molecule has 0 N–H and O–H groups in total. The summed E-state index contributed by atoms with van der Waals surface area (Å²) < 4.78 is 9.84. The zero-order chi connectivity index (χ0) is 16.2.